The van der Waals surface area contributed by atoms with Crippen molar-refractivity contribution in [3.05, 3.63) is 27.6 Å². The van der Waals surface area contributed by atoms with Gasteiger partial charge in [0.25, 0.3) is 0 Å². The van der Waals surface area contributed by atoms with Crippen LogP contribution in [0, 0.1) is 15.3 Å². The fraction of sp³-hybridized carbons (Fsp3) is 0.538. The maximum absolute atomic E-state index is 12.9. The second-order valence-electron chi connectivity index (χ2n) is 4.64. The SMILES string of the molecule is CC(C)CCC(C)Nc1ccc(F)cc1I. The fourth-order valence-corrected chi connectivity index (χ4v) is 2.16. The first kappa shape index (κ1) is 13.7. The van der Waals surface area contributed by atoms with Crippen LogP contribution < -0.4 is 5.32 Å². The lowest BCUT2D eigenvalue weighted by Gasteiger charge is -2.17. The first-order chi connectivity index (χ1) is 7.49. The molecule has 0 heterocycles. The number of nitrogens with one attached hydrogen (secondary N) is 1. The molecule has 1 rings (SSSR count). The Kier molecular flexibility index (Phi) is 5.52. The van der Waals surface area contributed by atoms with E-state index in [1.807, 2.05) is 6.07 Å². The van der Waals surface area contributed by atoms with Crippen molar-refractivity contribution in [2.45, 2.75) is 39.7 Å². The number of hydrogen-bond acceptors (Lipinski definition) is 1. The van der Waals surface area contributed by atoms with Crippen molar-refractivity contribution in [1.82, 2.24) is 0 Å². The van der Waals surface area contributed by atoms with Gasteiger partial charge in [0.2, 0.25) is 0 Å². The maximum Gasteiger partial charge on any atom is 0.124 e. The highest BCUT2D eigenvalue weighted by molar-refractivity contribution is 14.1. The third-order valence-corrected chi connectivity index (χ3v) is 3.40. The zero-order chi connectivity index (χ0) is 12.1. The minimum atomic E-state index is -0.176. The summed E-state index contributed by atoms with van der Waals surface area (Å²) in [5.41, 5.74) is 1.03. The summed E-state index contributed by atoms with van der Waals surface area (Å²) in [6.45, 7) is 6.63. The zero-order valence-electron chi connectivity index (χ0n) is 10.1. The Hall–Kier alpha value is -0.320. The molecule has 0 radical (unpaired) electrons. The zero-order valence-corrected chi connectivity index (χ0v) is 12.2. The molecule has 0 aromatic heterocycles. The van der Waals surface area contributed by atoms with Crippen LogP contribution in [0.4, 0.5) is 10.1 Å². The molecule has 0 aliphatic rings. The van der Waals surface area contributed by atoms with Crippen LogP contribution in [0.25, 0.3) is 0 Å². The average Bonchev–Trinajstić information content (AvgIpc) is 2.19. The second-order valence-corrected chi connectivity index (χ2v) is 5.80. The van der Waals surface area contributed by atoms with Gasteiger partial charge in [-0.05, 0) is 66.5 Å². The molecule has 0 aliphatic carbocycles. The summed E-state index contributed by atoms with van der Waals surface area (Å²) in [7, 11) is 0. The van der Waals surface area contributed by atoms with E-state index in [0.717, 1.165) is 21.6 Å². The molecule has 16 heavy (non-hydrogen) atoms. The van der Waals surface area contributed by atoms with Gasteiger partial charge in [0.15, 0.2) is 0 Å². The predicted molar refractivity (Wildman–Crippen MR) is 76.3 cm³/mol. The van der Waals surface area contributed by atoms with Crippen LogP contribution in [-0.4, -0.2) is 6.04 Å². The number of hydrogen-bond donors (Lipinski definition) is 1. The van der Waals surface area contributed by atoms with Gasteiger partial charge in [-0.1, -0.05) is 13.8 Å². The highest BCUT2D eigenvalue weighted by atomic mass is 127. The molecule has 1 atom stereocenters. The van der Waals surface area contributed by atoms with E-state index >= 15 is 0 Å². The van der Waals surface area contributed by atoms with Gasteiger partial charge < -0.3 is 5.32 Å². The Labute approximate surface area is 111 Å². The van der Waals surface area contributed by atoms with Crippen LogP contribution >= 0.6 is 22.6 Å². The van der Waals surface area contributed by atoms with Crippen LogP contribution in [-0.2, 0) is 0 Å². The van der Waals surface area contributed by atoms with Gasteiger partial charge in [0.05, 0.1) is 0 Å². The Morgan fingerprint density at radius 1 is 1.25 bits per heavy atom. The van der Waals surface area contributed by atoms with Crippen LogP contribution in [0.2, 0.25) is 0 Å². The maximum atomic E-state index is 12.9. The van der Waals surface area contributed by atoms with Crippen molar-refractivity contribution < 1.29 is 4.39 Å². The number of halogens is 2. The summed E-state index contributed by atoms with van der Waals surface area (Å²) in [6.07, 6.45) is 2.36. The van der Waals surface area contributed by atoms with Gasteiger partial charge in [0, 0.05) is 15.3 Å². The van der Waals surface area contributed by atoms with Crippen molar-refractivity contribution in [3.63, 3.8) is 0 Å². The molecular formula is C13H19FIN. The summed E-state index contributed by atoms with van der Waals surface area (Å²) in [5, 5.41) is 3.42. The van der Waals surface area contributed by atoms with E-state index in [1.54, 1.807) is 6.07 Å². The molecule has 0 saturated carbocycles. The van der Waals surface area contributed by atoms with Gasteiger partial charge in [-0.2, -0.15) is 0 Å². The average molecular weight is 335 g/mol. The molecular weight excluding hydrogens is 316 g/mol. The topological polar surface area (TPSA) is 12.0 Å². The van der Waals surface area contributed by atoms with E-state index in [-0.39, 0.29) is 5.82 Å². The lowest BCUT2D eigenvalue weighted by molar-refractivity contribution is 0.527. The minimum Gasteiger partial charge on any atom is -0.382 e. The van der Waals surface area contributed by atoms with Crippen LogP contribution in [0.1, 0.15) is 33.6 Å². The van der Waals surface area contributed by atoms with E-state index in [2.05, 4.69) is 48.7 Å². The highest BCUT2D eigenvalue weighted by Gasteiger charge is 2.06. The molecule has 0 amide bonds. The van der Waals surface area contributed by atoms with E-state index in [0.29, 0.717) is 6.04 Å². The number of rotatable bonds is 5. The Bertz CT molecular complexity index is 339. The lowest BCUT2D eigenvalue weighted by Crippen LogP contribution is -2.16. The molecule has 90 valence electrons. The van der Waals surface area contributed by atoms with E-state index < -0.39 is 0 Å². The first-order valence-electron chi connectivity index (χ1n) is 5.70. The smallest absolute Gasteiger partial charge is 0.124 e. The van der Waals surface area contributed by atoms with Gasteiger partial charge >= 0.3 is 0 Å². The van der Waals surface area contributed by atoms with E-state index in [9.17, 15) is 4.39 Å². The summed E-state index contributed by atoms with van der Waals surface area (Å²) in [6, 6.07) is 5.29. The van der Waals surface area contributed by atoms with Crippen molar-refractivity contribution >= 4 is 28.3 Å². The van der Waals surface area contributed by atoms with Crippen LogP contribution in [0.5, 0.6) is 0 Å². The standard InChI is InChI=1S/C13H19FIN/c1-9(2)4-5-10(3)16-13-7-6-11(14)8-12(13)15/h6-10,16H,4-5H2,1-3H3. The second kappa shape index (κ2) is 6.42. The molecule has 1 N–H and O–H groups in total. The van der Waals surface area contributed by atoms with E-state index in [1.165, 1.54) is 12.5 Å². The minimum absolute atomic E-state index is 0.176. The molecule has 1 aromatic carbocycles. The molecule has 3 heteroatoms. The number of benzene rings is 1. The fourth-order valence-electron chi connectivity index (χ4n) is 1.53. The van der Waals surface area contributed by atoms with Crippen molar-refractivity contribution in [3.8, 4) is 0 Å². The molecule has 0 saturated heterocycles. The summed E-state index contributed by atoms with van der Waals surface area (Å²) >= 11 is 2.16. The first-order valence-corrected chi connectivity index (χ1v) is 6.78. The van der Waals surface area contributed by atoms with Gasteiger partial charge in [0.1, 0.15) is 5.82 Å². The molecule has 0 fully saturated rings. The van der Waals surface area contributed by atoms with Crippen molar-refractivity contribution in [2.75, 3.05) is 5.32 Å². The third-order valence-electron chi connectivity index (χ3n) is 2.51. The molecule has 1 unspecified atom stereocenters. The Morgan fingerprint density at radius 2 is 1.94 bits per heavy atom. The predicted octanol–water partition coefficient (Wildman–Crippen LogP) is 4.67. The van der Waals surface area contributed by atoms with Gasteiger partial charge in [-0.25, -0.2) is 4.39 Å². The lowest BCUT2D eigenvalue weighted by atomic mass is 10.0. The monoisotopic (exact) mass is 335 g/mol. The number of anilines is 1. The Balaban J connectivity index is 2.52. The van der Waals surface area contributed by atoms with Crippen LogP contribution in [0.15, 0.2) is 18.2 Å². The van der Waals surface area contributed by atoms with Gasteiger partial charge in [-0.15, -0.1) is 0 Å². The largest absolute Gasteiger partial charge is 0.382 e. The molecule has 1 nitrogen and oxygen atoms in total. The molecule has 1 aromatic rings. The molecule has 0 spiro atoms. The summed E-state index contributed by atoms with van der Waals surface area (Å²) in [4.78, 5) is 0. The van der Waals surface area contributed by atoms with Crippen LogP contribution in [0.3, 0.4) is 0 Å². The Morgan fingerprint density at radius 3 is 2.50 bits per heavy atom. The quantitative estimate of drug-likeness (QED) is 0.772. The third kappa shape index (κ3) is 4.68. The van der Waals surface area contributed by atoms with Crippen molar-refractivity contribution in [2.24, 2.45) is 5.92 Å². The summed E-state index contributed by atoms with van der Waals surface area (Å²) in [5.74, 6) is 0.557. The van der Waals surface area contributed by atoms with E-state index in [4.69, 9.17) is 0 Å². The van der Waals surface area contributed by atoms with Crippen molar-refractivity contribution in [1.29, 1.82) is 0 Å². The summed E-state index contributed by atoms with van der Waals surface area (Å²) < 4.78 is 13.8. The molecule has 0 aliphatic heterocycles. The molecule has 0 bridgehead atoms. The van der Waals surface area contributed by atoms with Gasteiger partial charge in [-0.3, -0.25) is 0 Å². The normalized spacial score (nSPS) is 12.9. The highest BCUT2D eigenvalue weighted by Crippen LogP contribution is 2.21.